The monoisotopic (exact) mass is 283 g/mol. The van der Waals surface area contributed by atoms with Gasteiger partial charge < -0.3 is 9.52 Å². The number of fused-ring (bicyclic) bond motifs is 1. The van der Waals surface area contributed by atoms with E-state index in [2.05, 4.69) is 6.92 Å². The molecule has 0 saturated heterocycles. The minimum atomic E-state index is -0.731. The number of aromatic nitrogens is 1. The van der Waals surface area contributed by atoms with Crippen molar-refractivity contribution in [1.29, 1.82) is 0 Å². The molecule has 0 aliphatic heterocycles. The molecule has 1 unspecified atom stereocenters. The third-order valence-electron chi connectivity index (χ3n) is 3.84. The summed E-state index contributed by atoms with van der Waals surface area (Å²) < 4.78 is 6.60. The van der Waals surface area contributed by atoms with Gasteiger partial charge in [0.2, 0.25) is 0 Å². The van der Waals surface area contributed by atoms with E-state index < -0.39 is 11.9 Å². The van der Waals surface area contributed by atoms with E-state index in [1.54, 1.807) is 19.2 Å². The Kier molecular flexibility index (Phi) is 3.39. The van der Waals surface area contributed by atoms with Crippen molar-refractivity contribution in [2.45, 2.75) is 19.4 Å². The van der Waals surface area contributed by atoms with E-state index in [4.69, 9.17) is 4.42 Å². The zero-order chi connectivity index (χ0) is 15.0. The fraction of sp³-hybridized carbons (Fsp3) is 0.235. The molecule has 3 aromatic rings. The topological polar surface area (TPSA) is 55.4 Å². The van der Waals surface area contributed by atoms with E-state index in [-0.39, 0.29) is 0 Å². The number of hydrogen-bond donors (Lipinski definition) is 1. The van der Waals surface area contributed by atoms with Crippen LogP contribution in [0.4, 0.5) is 0 Å². The molecule has 1 N–H and O–H groups in total. The summed E-state index contributed by atoms with van der Waals surface area (Å²) in [6.45, 7) is 2.09. The fourth-order valence-corrected chi connectivity index (χ4v) is 2.45. The maximum atomic E-state index is 11.5. The van der Waals surface area contributed by atoms with Gasteiger partial charge in [0.05, 0.1) is 5.52 Å². The summed E-state index contributed by atoms with van der Waals surface area (Å²) in [7, 11) is 1.66. The Balaban J connectivity index is 2.00. The molecule has 2 aromatic carbocycles. The zero-order valence-electron chi connectivity index (χ0n) is 12.0. The van der Waals surface area contributed by atoms with Gasteiger partial charge in [0, 0.05) is 7.05 Å². The van der Waals surface area contributed by atoms with Crippen molar-refractivity contribution in [2.24, 2.45) is 7.05 Å². The van der Waals surface area contributed by atoms with Crippen molar-refractivity contribution in [3.8, 4) is 0 Å². The largest absolute Gasteiger partial charge is 0.419 e. The molecule has 1 aromatic heterocycles. The summed E-state index contributed by atoms with van der Waals surface area (Å²) in [6, 6.07) is 13.2. The van der Waals surface area contributed by atoms with Crippen molar-refractivity contribution in [3.05, 3.63) is 69.7 Å². The number of nitrogens with zero attached hydrogens (tertiary/aromatic N) is 1. The van der Waals surface area contributed by atoms with Crippen molar-refractivity contribution >= 4 is 11.1 Å². The molecular formula is C17H17NO3. The Bertz CT molecular complexity index is 827. The average molecular weight is 283 g/mol. The van der Waals surface area contributed by atoms with Crippen molar-refractivity contribution in [3.63, 3.8) is 0 Å². The van der Waals surface area contributed by atoms with E-state index in [0.717, 1.165) is 17.5 Å². The standard InChI is InChI=1S/C17H17NO3/c1-3-11-4-6-12(7-5-11)16(19)13-8-9-14-15(10-13)21-17(20)18(14)2/h4-10,16,19H,3H2,1-2H3. The van der Waals surface area contributed by atoms with Crippen LogP contribution in [0.5, 0.6) is 0 Å². The number of hydrogen-bond acceptors (Lipinski definition) is 3. The lowest BCUT2D eigenvalue weighted by Crippen LogP contribution is -2.08. The second-order valence-corrected chi connectivity index (χ2v) is 5.15. The third kappa shape index (κ3) is 2.38. The van der Waals surface area contributed by atoms with Crippen LogP contribution < -0.4 is 5.76 Å². The molecule has 3 rings (SSSR count). The fourth-order valence-electron chi connectivity index (χ4n) is 2.45. The lowest BCUT2D eigenvalue weighted by molar-refractivity contribution is 0.220. The number of rotatable bonds is 3. The summed E-state index contributed by atoms with van der Waals surface area (Å²) in [5, 5.41) is 10.5. The molecule has 4 nitrogen and oxygen atoms in total. The Morgan fingerprint density at radius 3 is 2.48 bits per heavy atom. The van der Waals surface area contributed by atoms with Crippen LogP contribution in [0.15, 0.2) is 51.7 Å². The van der Waals surface area contributed by atoms with Crippen LogP contribution in [-0.4, -0.2) is 9.67 Å². The molecule has 0 bridgehead atoms. The molecule has 1 atom stereocenters. The molecule has 21 heavy (non-hydrogen) atoms. The number of benzene rings is 2. The molecular weight excluding hydrogens is 266 g/mol. The minimum absolute atomic E-state index is 0.399. The highest BCUT2D eigenvalue weighted by Gasteiger charge is 2.13. The second kappa shape index (κ2) is 5.22. The number of aliphatic hydroxyl groups is 1. The van der Waals surface area contributed by atoms with Gasteiger partial charge in [-0.2, -0.15) is 0 Å². The van der Waals surface area contributed by atoms with Gasteiger partial charge in [-0.15, -0.1) is 0 Å². The molecule has 0 aliphatic rings. The summed E-state index contributed by atoms with van der Waals surface area (Å²) in [5.41, 5.74) is 3.97. The average Bonchev–Trinajstić information content (AvgIpc) is 2.81. The smallest absolute Gasteiger partial charge is 0.408 e. The minimum Gasteiger partial charge on any atom is -0.408 e. The van der Waals surface area contributed by atoms with Gasteiger partial charge in [-0.1, -0.05) is 37.3 Å². The molecule has 0 spiro atoms. The van der Waals surface area contributed by atoms with Gasteiger partial charge in [-0.3, -0.25) is 4.57 Å². The predicted octanol–water partition coefficient (Wildman–Crippen LogP) is 2.78. The summed E-state index contributed by atoms with van der Waals surface area (Å²) in [5.74, 6) is -0.399. The van der Waals surface area contributed by atoms with E-state index in [1.807, 2.05) is 30.3 Å². The molecule has 0 amide bonds. The first-order chi connectivity index (χ1) is 10.1. The normalized spacial score (nSPS) is 12.7. The number of oxazole rings is 1. The Hall–Kier alpha value is -2.33. The Morgan fingerprint density at radius 1 is 1.14 bits per heavy atom. The van der Waals surface area contributed by atoms with Crippen LogP contribution >= 0.6 is 0 Å². The van der Waals surface area contributed by atoms with Gasteiger partial charge in [0.15, 0.2) is 5.58 Å². The number of aliphatic hydroxyl groups excluding tert-OH is 1. The van der Waals surface area contributed by atoms with Crippen molar-refractivity contribution in [1.82, 2.24) is 4.57 Å². The predicted molar refractivity (Wildman–Crippen MR) is 81.3 cm³/mol. The molecule has 0 fully saturated rings. The first kappa shape index (κ1) is 13.6. The second-order valence-electron chi connectivity index (χ2n) is 5.15. The molecule has 0 saturated carbocycles. The molecule has 1 heterocycles. The summed E-state index contributed by atoms with van der Waals surface area (Å²) in [4.78, 5) is 11.5. The molecule has 108 valence electrons. The van der Waals surface area contributed by atoms with Crippen LogP contribution in [0.3, 0.4) is 0 Å². The summed E-state index contributed by atoms with van der Waals surface area (Å²) >= 11 is 0. The van der Waals surface area contributed by atoms with Gasteiger partial charge in [-0.05, 0) is 35.2 Å². The highest BCUT2D eigenvalue weighted by Crippen LogP contribution is 2.25. The van der Waals surface area contributed by atoms with Crippen LogP contribution in [0, 0.1) is 0 Å². The summed E-state index contributed by atoms with van der Waals surface area (Å²) in [6.07, 6.45) is 0.239. The van der Waals surface area contributed by atoms with Gasteiger partial charge in [0.25, 0.3) is 0 Å². The van der Waals surface area contributed by atoms with Crippen LogP contribution in [-0.2, 0) is 13.5 Å². The highest BCUT2D eigenvalue weighted by atomic mass is 16.4. The SMILES string of the molecule is CCc1ccc(C(O)c2ccc3c(c2)oc(=O)n3C)cc1. The lowest BCUT2D eigenvalue weighted by atomic mass is 9.99. The van der Waals surface area contributed by atoms with Crippen LogP contribution in [0.1, 0.15) is 29.7 Å². The molecule has 0 radical (unpaired) electrons. The van der Waals surface area contributed by atoms with Crippen LogP contribution in [0.2, 0.25) is 0 Å². The quantitative estimate of drug-likeness (QED) is 0.804. The first-order valence-corrected chi connectivity index (χ1v) is 6.96. The van der Waals surface area contributed by atoms with Crippen LogP contribution in [0.25, 0.3) is 11.1 Å². The molecule has 4 heteroatoms. The van der Waals surface area contributed by atoms with E-state index >= 15 is 0 Å². The molecule has 0 aliphatic carbocycles. The van der Waals surface area contributed by atoms with E-state index in [0.29, 0.717) is 11.1 Å². The van der Waals surface area contributed by atoms with Crippen molar-refractivity contribution in [2.75, 3.05) is 0 Å². The van der Waals surface area contributed by atoms with Crippen molar-refractivity contribution < 1.29 is 9.52 Å². The first-order valence-electron chi connectivity index (χ1n) is 6.96. The Labute approximate surface area is 122 Å². The number of aryl methyl sites for hydroxylation is 2. The van der Waals surface area contributed by atoms with Gasteiger partial charge in [-0.25, -0.2) is 4.79 Å². The zero-order valence-corrected chi connectivity index (χ0v) is 12.0. The lowest BCUT2D eigenvalue weighted by Gasteiger charge is -2.12. The highest BCUT2D eigenvalue weighted by molar-refractivity contribution is 5.74. The maximum Gasteiger partial charge on any atom is 0.419 e. The van der Waals surface area contributed by atoms with Gasteiger partial charge >= 0.3 is 5.76 Å². The van der Waals surface area contributed by atoms with E-state index in [1.165, 1.54) is 10.1 Å². The van der Waals surface area contributed by atoms with E-state index in [9.17, 15) is 9.90 Å². The van der Waals surface area contributed by atoms with Gasteiger partial charge in [0.1, 0.15) is 6.10 Å². The Morgan fingerprint density at radius 2 is 1.81 bits per heavy atom. The third-order valence-corrected chi connectivity index (χ3v) is 3.84. The maximum absolute atomic E-state index is 11.5.